The van der Waals surface area contributed by atoms with E-state index in [1.54, 1.807) is 13.3 Å². The van der Waals surface area contributed by atoms with Crippen molar-refractivity contribution in [1.82, 2.24) is 20.3 Å². The van der Waals surface area contributed by atoms with Gasteiger partial charge in [-0.2, -0.15) is 0 Å². The summed E-state index contributed by atoms with van der Waals surface area (Å²) < 4.78 is 12.3. The van der Waals surface area contributed by atoms with E-state index in [-0.39, 0.29) is 12.5 Å². The molecule has 1 amide bonds. The first-order valence-corrected chi connectivity index (χ1v) is 8.18. The fourth-order valence-corrected chi connectivity index (χ4v) is 2.80. The van der Waals surface area contributed by atoms with Gasteiger partial charge in [-0.3, -0.25) is 4.79 Å². The zero-order valence-corrected chi connectivity index (χ0v) is 13.8. The molecule has 1 aliphatic rings. The summed E-state index contributed by atoms with van der Waals surface area (Å²) in [4.78, 5) is 12.0. The second kappa shape index (κ2) is 7.81. The monoisotopic (exact) mass is 330 g/mol. The fraction of sp³-hybridized carbons (Fsp3) is 0.471. The Bertz CT molecular complexity index is 663. The van der Waals surface area contributed by atoms with Crippen LogP contribution in [0.1, 0.15) is 31.4 Å². The normalized spacial score (nSPS) is 14.5. The Labute approximate surface area is 141 Å². The number of methoxy groups -OCH3 is 1. The number of nitrogens with one attached hydrogen (secondary N) is 1. The molecular formula is C17H22N4O3. The first kappa shape index (κ1) is 16.3. The van der Waals surface area contributed by atoms with E-state index in [2.05, 4.69) is 15.6 Å². The summed E-state index contributed by atoms with van der Waals surface area (Å²) in [6, 6.07) is 7.65. The number of ether oxygens (including phenoxy) is 2. The van der Waals surface area contributed by atoms with Gasteiger partial charge in [-0.1, -0.05) is 18.1 Å². The van der Waals surface area contributed by atoms with Crippen LogP contribution in [0.15, 0.2) is 30.5 Å². The lowest BCUT2D eigenvalue weighted by molar-refractivity contribution is -0.122. The van der Waals surface area contributed by atoms with E-state index in [4.69, 9.17) is 9.47 Å². The molecule has 1 aromatic heterocycles. The van der Waals surface area contributed by atoms with Crippen LogP contribution in [0.4, 0.5) is 0 Å². The van der Waals surface area contributed by atoms with Gasteiger partial charge in [0.15, 0.2) is 0 Å². The number of amides is 1. The smallest absolute Gasteiger partial charge is 0.242 e. The number of rotatable bonds is 7. The molecule has 3 rings (SSSR count). The Morgan fingerprint density at radius 1 is 1.25 bits per heavy atom. The molecule has 24 heavy (non-hydrogen) atoms. The standard InChI is InChI=1S/C17H22N4O3/c1-23-15-6-8-16(9-7-15)24-12-14-10-21(20-19-14)11-17(22)18-13-4-2-3-5-13/h6-10,13H,2-5,11-12H2,1H3,(H,18,22). The van der Waals surface area contributed by atoms with E-state index in [0.29, 0.717) is 18.3 Å². The third-order valence-electron chi connectivity index (χ3n) is 4.06. The number of nitrogens with zero attached hydrogens (tertiary/aromatic N) is 3. The van der Waals surface area contributed by atoms with Crippen molar-refractivity contribution in [2.24, 2.45) is 0 Å². The van der Waals surface area contributed by atoms with Crippen molar-refractivity contribution in [3.63, 3.8) is 0 Å². The number of aromatic nitrogens is 3. The second-order valence-electron chi connectivity index (χ2n) is 5.92. The molecule has 1 aromatic carbocycles. The van der Waals surface area contributed by atoms with Crippen molar-refractivity contribution < 1.29 is 14.3 Å². The number of benzene rings is 1. The third-order valence-corrected chi connectivity index (χ3v) is 4.06. The molecule has 1 fully saturated rings. The van der Waals surface area contributed by atoms with E-state index >= 15 is 0 Å². The summed E-state index contributed by atoms with van der Waals surface area (Å²) in [5.74, 6) is 1.49. The van der Waals surface area contributed by atoms with Crippen molar-refractivity contribution in [1.29, 1.82) is 0 Å². The molecule has 7 heteroatoms. The molecule has 128 valence electrons. The van der Waals surface area contributed by atoms with E-state index < -0.39 is 0 Å². The van der Waals surface area contributed by atoms with Crippen molar-refractivity contribution in [3.05, 3.63) is 36.2 Å². The van der Waals surface area contributed by atoms with Gasteiger partial charge < -0.3 is 14.8 Å². The molecule has 0 spiro atoms. The average Bonchev–Trinajstić information content (AvgIpc) is 3.25. The average molecular weight is 330 g/mol. The second-order valence-corrected chi connectivity index (χ2v) is 5.92. The van der Waals surface area contributed by atoms with Gasteiger partial charge in [0.1, 0.15) is 30.3 Å². The topological polar surface area (TPSA) is 78.3 Å². The lowest BCUT2D eigenvalue weighted by atomic mass is 10.2. The van der Waals surface area contributed by atoms with Crippen LogP contribution < -0.4 is 14.8 Å². The highest BCUT2D eigenvalue weighted by Crippen LogP contribution is 2.18. The molecule has 7 nitrogen and oxygen atoms in total. The maximum Gasteiger partial charge on any atom is 0.242 e. The summed E-state index contributed by atoms with van der Waals surface area (Å²) in [5.41, 5.74) is 0.680. The van der Waals surface area contributed by atoms with Crippen LogP contribution in [-0.4, -0.2) is 34.1 Å². The van der Waals surface area contributed by atoms with Gasteiger partial charge in [-0.05, 0) is 37.1 Å². The number of carbonyl (C=O) groups is 1. The zero-order valence-electron chi connectivity index (χ0n) is 13.8. The van der Waals surface area contributed by atoms with E-state index in [1.165, 1.54) is 17.5 Å². The van der Waals surface area contributed by atoms with Crippen molar-refractivity contribution in [3.8, 4) is 11.5 Å². The summed E-state index contributed by atoms with van der Waals surface area (Å²) in [6.45, 7) is 0.489. The maximum absolute atomic E-state index is 12.0. The van der Waals surface area contributed by atoms with E-state index in [0.717, 1.165) is 24.3 Å². The molecule has 0 saturated heterocycles. The Balaban J connectivity index is 1.46. The Hall–Kier alpha value is -2.57. The van der Waals surface area contributed by atoms with Gasteiger partial charge in [-0.25, -0.2) is 4.68 Å². The van der Waals surface area contributed by atoms with Crippen molar-refractivity contribution in [2.75, 3.05) is 7.11 Å². The third kappa shape index (κ3) is 4.47. The Morgan fingerprint density at radius 2 is 1.96 bits per heavy atom. The number of hydrogen-bond acceptors (Lipinski definition) is 5. The number of hydrogen-bond donors (Lipinski definition) is 1. The Morgan fingerprint density at radius 3 is 2.67 bits per heavy atom. The first-order chi connectivity index (χ1) is 11.7. The molecule has 1 saturated carbocycles. The minimum Gasteiger partial charge on any atom is -0.497 e. The van der Waals surface area contributed by atoms with Crippen LogP contribution >= 0.6 is 0 Å². The summed E-state index contributed by atoms with van der Waals surface area (Å²) in [7, 11) is 1.62. The lowest BCUT2D eigenvalue weighted by Gasteiger charge is -2.11. The molecule has 1 heterocycles. The molecule has 2 aromatic rings. The van der Waals surface area contributed by atoms with E-state index in [1.807, 2.05) is 24.3 Å². The molecule has 0 radical (unpaired) electrons. The molecule has 1 aliphatic carbocycles. The van der Waals surface area contributed by atoms with Gasteiger partial charge in [0, 0.05) is 6.04 Å². The predicted octanol–water partition coefficient (Wildman–Crippen LogP) is 1.92. The quantitative estimate of drug-likeness (QED) is 0.839. The molecule has 0 unspecified atom stereocenters. The van der Waals surface area contributed by atoms with E-state index in [9.17, 15) is 4.79 Å². The molecule has 1 N–H and O–H groups in total. The highest BCUT2D eigenvalue weighted by molar-refractivity contribution is 5.75. The van der Waals surface area contributed by atoms with Crippen LogP contribution in [0.3, 0.4) is 0 Å². The van der Waals surface area contributed by atoms with Crippen LogP contribution in [-0.2, 0) is 17.9 Å². The maximum atomic E-state index is 12.0. The largest absolute Gasteiger partial charge is 0.497 e. The fourth-order valence-electron chi connectivity index (χ4n) is 2.80. The lowest BCUT2D eigenvalue weighted by Crippen LogP contribution is -2.35. The molecule has 0 aliphatic heterocycles. The summed E-state index contributed by atoms with van der Waals surface area (Å²) in [6.07, 6.45) is 6.27. The first-order valence-electron chi connectivity index (χ1n) is 8.18. The SMILES string of the molecule is COc1ccc(OCc2cn(CC(=O)NC3CCCC3)nn2)cc1. The highest BCUT2D eigenvalue weighted by atomic mass is 16.5. The minimum atomic E-state index is -0.0191. The highest BCUT2D eigenvalue weighted by Gasteiger charge is 2.17. The number of carbonyl (C=O) groups excluding carboxylic acids is 1. The van der Waals surface area contributed by atoms with Gasteiger partial charge in [0.05, 0.1) is 13.3 Å². The molecular weight excluding hydrogens is 308 g/mol. The predicted molar refractivity (Wildman–Crippen MR) is 87.7 cm³/mol. The van der Waals surface area contributed by atoms with Crippen LogP contribution in [0, 0.1) is 0 Å². The van der Waals surface area contributed by atoms with Crippen LogP contribution in [0.5, 0.6) is 11.5 Å². The summed E-state index contributed by atoms with van der Waals surface area (Å²) in [5, 5.41) is 11.0. The van der Waals surface area contributed by atoms with Gasteiger partial charge in [-0.15, -0.1) is 5.10 Å². The van der Waals surface area contributed by atoms with Crippen LogP contribution in [0.25, 0.3) is 0 Å². The van der Waals surface area contributed by atoms with Crippen LogP contribution in [0.2, 0.25) is 0 Å². The van der Waals surface area contributed by atoms with Gasteiger partial charge in [0.25, 0.3) is 0 Å². The zero-order chi connectivity index (χ0) is 16.8. The van der Waals surface area contributed by atoms with Crippen molar-refractivity contribution >= 4 is 5.91 Å². The van der Waals surface area contributed by atoms with Crippen molar-refractivity contribution in [2.45, 2.75) is 44.9 Å². The van der Waals surface area contributed by atoms with Gasteiger partial charge in [0.2, 0.25) is 5.91 Å². The summed E-state index contributed by atoms with van der Waals surface area (Å²) >= 11 is 0. The van der Waals surface area contributed by atoms with Gasteiger partial charge >= 0.3 is 0 Å². The molecule has 0 atom stereocenters. The Kier molecular flexibility index (Phi) is 5.30. The molecule has 0 bridgehead atoms. The minimum absolute atomic E-state index is 0.0191.